The molecule has 110 valence electrons. The van der Waals surface area contributed by atoms with Crippen LogP contribution in [0.2, 0.25) is 0 Å². The standard InChI is InChI=1S/C15H16BrN3OS/c1-2-3-4-13-14(20)19-9-12(17-18-15(19)21-13)10-5-7-11(16)8-6-10/h5-9,13,17H,2-4H2,1H3. The van der Waals surface area contributed by atoms with Gasteiger partial charge in [-0.2, -0.15) is 0 Å². The average Bonchev–Trinajstić information content (AvgIpc) is 2.82. The van der Waals surface area contributed by atoms with Gasteiger partial charge in [0.15, 0.2) is 5.17 Å². The van der Waals surface area contributed by atoms with Crippen LogP contribution < -0.4 is 5.43 Å². The maximum absolute atomic E-state index is 12.4. The molecule has 0 aromatic heterocycles. The predicted molar refractivity (Wildman–Crippen MR) is 90.4 cm³/mol. The molecule has 1 atom stereocenters. The molecule has 0 aliphatic carbocycles. The number of benzene rings is 1. The molecule has 1 aromatic carbocycles. The smallest absolute Gasteiger partial charge is 0.246 e. The van der Waals surface area contributed by atoms with E-state index >= 15 is 0 Å². The van der Waals surface area contributed by atoms with Gasteiger partial charge in [0.05, 0.1) is 10.9 Å². The summed E-state index contributed by atoms with van der Waals surface area (Å²) in [5, 5.41) is 5.09. The lowest BCUT2D eigenvalue weighted by molar-refractivity contribution is -0.124. The zero-order valence-electron chi connectivity index (χ0n) is 11.7. The minimum absolute atomic E-state index is 0.00557. The zero-order valence-corrected chi connectivity index (χ0v) is 14.1. The molecule has 2 heterocycles. The Morgan fingerprint density at radius 3 is 2.86 bits per heavy atom. The number of carbonyl (C=O) groups is 1. The second-order valence-corrected chi connectivity index (χ2v) is 7.10. The van der Waals surface area contributed by atoms with Crippen LogP contribution >= 0.6 is 27.7 Å². The number of hydrogen-bond acceptors (Lipinski definition) is 4. The van der Waals surface area contributed by atoms with Crippen LogP contribution in [0.5, 0.6) is 0 Å². The third kappa shape index (κ3) is 3.01. The van der Waals surface area contributed by atoms with E-state index in [1.165, 1.54) is 0 Å². The number of nitrogens with one attached hydrogen (secondary N) is 1. The fraction of sp³-hybridized carbons (Fsp3) is 0.333. The van der Waals surface area contributed by atoms with E-state index < -0.39 is 0 Å². The van der Waals surface area contributed by atoms with Crippen molar-refractivity contribution in [2.75, 3.05) is 0 Å². The van der Waals surface area contributed by atoms with Gasteiger partial charge in [-0.05, 0) is 18.6 Å². The average molecular weight is 366 g/mol. The van der Waals surface area contributed by atoms with Gasteiger partial charge in [0.25, 0.3) is 0 Å². The van der Waals surface area contributed by atoms with Crippen LogP contribution in [-0.2, 0) is 4.79 Å². The van der Waals surface area contributed by atoms with Gasteiger partial charge in [-0.15, -0.1) is 5.10 Å². The van der Waals surface area contributed by atoms with Crippen molar-refractivity contribution in [1.82, 2.24) is 10.3 Å². The summed E-state index contributed by atoms with van der Waals surface area (Å²) < 4.78 is 1.03. The number of unbranched alkanes of at least 4 members (excludes halogenated alkanes) is 1. The summed E-state index contributed by atoms with van der Waals surface area (Å²) in [4.78, 5) is 14.1. The molecular weight excluding hydrogens is 350 g/mol. The minimum Gasteiger partial charge on any atom is -0.274 e. The summed E-state index contributed by atoms with van der Waals surface area (Å²) in [7, 11) is 0. The lowest BCUT2D eigenvalue weighted by atomic mass is 10.1. The van der Waals surface area contributed by atoms with Crippen molar-refractivity contribution in [3.63, 3.8) is 0 Å². The maximum atomic E-state index is 12.4. The number of amidine groups is 1. The predicted octanol–water partition coefficient (Wildman–Crippen LogP) is 3.76. The van der Waals surface area contributed by atoms with E-state index in [-0.39, 0.29) is 11.2 Å². The number of amides is 1. The summed E-state index contributed by atoms with van der Waals surface area (Å²) >= 11 is 4.97. The third-order valence-electron chi connectivity index (χ3n) is 3.47. The van der Waals surface area contributed by atoms with E-state index in [0.29, 0.717) is 0 Å². The van der Waals surface area contributed by atoms with Crippen molar-refractivity contribution in [2.45, 2.75) is 31.4 Å². The number of fused-ring (bicyclic) bond motifs is 1. The lowest BCUT2D eigenvalue weighted by Crippen LogP contribution is -2.32. The first-order valence-electron chi connectivity index (χ1n) is 7.00. The van der Waals surface area contributed by atoms with E-state index in [1.807, 2.05) is 30.5 Å². The number of hydrogen-bond donors (Lipinski definition) is 1. The molecule has 2 aliphatic rings. The van der Waals surface area contributed by atoms with Crippen LogP contribution in [0.15, 0.2) is 40.0 Å². The lowest BCUT2D eigenvalue weighted by Gasteiger charge is -2.19. The SMILES string of the molecule is CCCCC1SC2=NNC(c3ccc(Br)cc3)=CN2C1=O. The van der Waals surface area contributed by atoms with Crippen LogP contribution in [0.1, 0.15) is 31.7 Å². The molecule has 4 nitrogen and oxygen atoms in total. The molecule has 6 heteroatoms. The molecular formula is C15H16BrN3OS. The highest BCUT2D eigenvalue weighted by Gasteiger charge is 2.38. The molecule has 0 saturated carbocycles. The number of thioether (sulfide) groups is 1. The van der Waals surface area contributed by atoms with E-state index in [2.05, 4.69) is 33.4 Å². The highest BCUT2D eigenvalue weighted by atomic mass is 79.9. The van der Waals surface area contributed by atoms with Gasteiger partial charge >= 0.3 is 0 Å². The Bertz CT molecular complexity index is 612. The molecule has 0 radical (unpaired) electrons. The Morgan fingerprint density at radius 2 is 2.14 bits per heavy atom. The molecule has 1 fully saturated rings. The van der Waals surface area contributed by atoms with Gasteiger partial charge in [-0.25, -0.2) is 0 Å². The topological polar surface area (TPSA) is 44.7 Å². The molecule has 1 N–H and O–H groups in total. The summed E-state index contributed by atoms with van der Waals surface area (Å²) in [5.74, 6) is 0.142. The van der Waals surface area contributed by atoms with Gasteiger partial charge in [0.2, 0.25) is 5.91 Å². The Balaban J connectivity index is 1.79. The first-order valence-corrected chi connectivity index (χ1v) is 8.67. The molecule has 1 aromatic rings. The minimum atomic E-state index is 0.00557. The summed E-state index contributed by atoms with van der Waals surface area (Å²) in [6, 6.07) is 7.93. The molecule has 2 aliphatic heterocycles. The van der Waals surface area contributed by atoms with E-state index in [0.717, 1.165) is 40.2 Å². The Morgan fingerprint density at radius 1 is 1.38 bits per heavy atom. The van der Waals surface area contributed by atoms with Crippen LogP contribution in [-0.4, -0.2) is 21.2 Å². The molecule has 1 amide bonds. The fourth-order valence-electron chi connectivity index (χ4n) is 2.29. The van der Waals surface area contributed by atoms with E-state index in [1.54, 1.807) is 16.7 Å². The molecule has 1 unspecified atom stereocenters. The van der Waals surface area contributed by atoms with Crippen LogP contribution in [0.4, 0.5) is 0 Å². The summed E-state index contributed by atoms with van der Waals surface area (Å²) in [6.07, 6.45) is 4.94. The maximum Gasteiger partial charge on any atom is 0.246 e. The molecule has 21 heavy (non-hydrogen) atoms. The number of rotatable bonds is 4. The van der Waals surface area contributed by atoms with Crippen LogP contribution in [0, 0.1) is 0 Å². The fourth-order valence-corrected chi connectivity index (χ4v) is 3.66. The van der Waals surface area contributed by atoms with Crippen molar-refractivity contribution in [2.24, 2.45) is 5.10 Å². The molecule has 0 spiro atoms. The highest BCUT2D eigenvalue weighted by molar-refractivity contribution is 9.10. The van der Waals surface area contributed by atoms with Gasteiger partial charge in [0, 0.05) is 16.2 Å². The molecule has 1 saturated heterocycles. The zero-order chi connectivity index (χ0) is 14.8. The summed E-state index contributed by atoms with van der Waals surface area (Å²) in [6.45, 7) is 2.14. The monoisotopic (exact) mass is 365 g/mol. The Hall–Kier alpha value is -1.27. The van der Waals surface area contributed by atoms with Crippen molar-refractivity contribution in [3.8, 4) is 0 Å². The Labute approximate surface area is 136 Å². The number of nitrogens with zero attached hydrogens (tertiary/aromatic N) is 2. The van der Waals surface area contributed by atoms with Crippen molar-refractivity contribution >= 4 is 44.5 Å². The van der Waals surface area contributed by atoms with Gasteiger partial charge in [0.1, 0.15) is 0 Å². The van der Waals surface area contributed by atoms with E-state index in [9.17, 15) is 4.79 Å². The van der Waals surface area contributed by atoms with Crippen LogP contribution in [0.25, 0.3) is 5.70 Å². The first-order chi connectivity index (χ1) is 10.2. The quantitative estimate of drug-likeness (QED) is 0.883. The van der Waals surface area contributed by atoms with E-state index in [4.69, 9.17) is 0 Å². The normalized spacial score (nSPS) is 20.8. The number of hydrazone groups is 1. The highest BCUT2D eigenvalue weighted by Crippen LogP contribution is 2.33. The van der Waals surface area contributed by atoms with Crippen molar-refractivity contribution in [3.05, 3.63) is 40.5 Å². The second kappa shape index (κ2) is 6.23. The van der Waals surface area contributed by atoms with Crippen molar-refractivity contribution < 1.29 is 4.79 Å². The second-order valence-electron chi connectivity index (χ2n) is 5.01. The van der Waals surface area contributed by atoms with Crippen LogP contribution in [0.3, 0.4) is 0 Å². The Kier molecular flexibility index (Phi) is 4.35. The largest absolute Gasteiger partial charge is 0.274 e. The number of carbonyl (C=O) groups excluding carboxylic acids is 1. The van der Waals surface area contributed by atoms with Crippen molar-refractivity contribution in [1.29, 1.82) is 0 Å². The van der Waals surface area contributed by atoms with Gasteiger partial charge in [-0.1, -0.05) is 59.6 Å². The number of halogens is 1. The summed E-state index contributed by atoms with van der Waals surface area (Å²) in [5.41, 5.74) is 4.90. The van der Waals surface area contributed by atoms with Gasteiger partial charge in [-0.3, -0.25) is 15.1 Å². The molecule has 0 bridgehead atoms. The van der Waals surface area contributed by atoms with Gasteiger partial charge < -0.3 is 0 Å². The molecule has 3 rings (SSSR count). The third-order valence-corrected chi connectivity index (χ3v) is 5.22. The first kappa shape index (κ1) is 14.7.